The van der Waals surface area contributed by atoms with Crippen molar-refractivity contribution in [1.82, 2.24) is 9.97 Å². The largest absolute Gasteiger partial charge is 0.497 e. The van der Waals surface area contributed by atoms with E-state index in [-0.39, 0.29) is 11.9 Å². The molecule has 128 valence electrons. The fourth-order valence-corrected chi connectivity index (χ4v) is 1.85. The van der Waals surface area contributed by atoms with Crippen LogP contribution >= 0.6 is 0 Å². The number of carbonyl (C=O) groups excluding carboxylic acids is 1. The summed E-state index contributed by atoms with van der Waals surface area (Å²) >= 11 is 0. The fourth-order valence-electron chi connectivity index (χ4n) is 1.85. The average molecular weight is 334 g/mol. The Bertz CT molecular complexity index is 701. The first kappa shape index (κ1) is 17.1. The Morgan fingerprint density at radius 3 is 2.12 bits per heavy atom. The Kier molecular flexibility index (Phi) is 5.61. The highest BCUT2D eigenvalue weighted by atomic mass is 16.5. The van der Waals surface area contributed by atoms with Crippen molar-refractivity contribution in [1.29, 1.82) is 0 Å². The molecule has 0 saturated carbocycles. The lowest BCUT2D eigenvalue weighted by molar-refractivity contribution is 0.262. The number of ether oxygens (including phenoxy) is 4. The second kappa shape index (κ2) is 7.86. The van der Waals surface area contributed by atoms with E-state index in [2.05, 4.69) is 20.6 Å². The van der Waals surface area contributed by atoms with Crippen LogP contribution in [0.5, 0.6) is 23.4 Å². The first-order valence-corrected chi connectivity index (χ1v) is 6.85. The van der Waals surface area contributed by atoms with Crippen LogP contribution < -0.4 is 29.6 Å². The van der Waals surface area contributed by atoms with Crippen molar-refractivity contribution in [3.8, 4) is 23.4 Å². The van der Waals surface area contributed by atoms with Gasteiger partial charge in [-0.1, -0.05) is 0 Å². The van der Waals surface area contributed by atoms with Crippen molar-refractivity contribution in [3.05, 3.63) is 24.4 Å². The van der Waals surface area contributed by atoms with Crippen molar-refractivity contribution in [2.24, 2.45) is 0 Å². The van der Waals surface area contributed by atoms with Gasteiger partial charge in [0.25, 0.3) is 0 Å². The van der Waals surface area contributed by atoms with Gasteiger partial charge in [0, 0.05) is 23.9 Å². The molecule has 2 aromatic rings. The summed E-state index contributed by atoms with van der Waals surface area (Å²) in [5, 5.41) is 5.27. The maximum atomic E-state index is 12.2. The van der Waals surface area contributed by atoms with Crippen molar-refractivity contribution in [2.45, 2.75) is 0 Å². The number of carbonyl (C=O) groups is 1. The van der Waals surface area contributed by atoms with Gasteiger partial charge in [-0.25, -0.2) is 9.78 Å². The topological polar surface area (TPSA) is 104 Å². The Balaban J connectivity index is 2.14. The molecular formula is C15H18N4O5. The summed E-state index contributed by atoms with van der Waals surface area (Å²) < 4.78 is 20.3. The zero-order valence-corrected chi connectivity index (χ0v) is 13.7. The second-order valence-corrected chi connectivity index (χ2v) is 4.46. The van der Waals surface area contributed by atoms with Crippen LogP contribution in [-0.2, 0) is 0 Å². The normalized spacial score (nSPS) is 9.83. The van der Waals surface area contributed by atoms with E-state index in [1.807, 2.05) is 0 Å². The predicted molar refractivity (Wildman–Crippen MR) is 87.3 cm³/mol. The number of nitrogens with one attached hydrogen (secondary N) is 2. The molecule has 0 spiro atoms. The number of urea groups is 1. The van der Waals surface area contributed by atoms with Gasteiger partial charge in [-0.15, -0.1) is 0 Å². The highest BCUT2D eigenvalue weighted by molar-refractivity contribution is 6.00. The summed E-state index contributed by atoms with van der Waals surface area (Å²) in [5.74, 6) is 1.28. The quantitative estimate of drug-likeness (QED) is 0.834. The Morgan fingerprint density at radius 2 is 1.58 bits per heavy atom. The van der Waals surface area contributed by atoms with Gasteiger partial charge in [0.1, 0.15) is 17.2 Å². The molecular weight excluding hydrogens is 316 g/mol. The molecule has 9 nitrogen and oxygen atoms in total. The van der Waals surface area contributed by atoms with Gasteiger partial charge in [-0.2, -0.15) is 4.98 Å². The minimum absolute atomic E-state index is 0.135. The minimum Gasteiger partial charge on any atom is -0.497 e. The molecule has 0 saturated heterocycles. The zero-order valence-electron chi connectivity index (χ0n) is 13.7. The molecule has 2 rings (SSSR count). The number of amides is 2. The molecule has 9 heteroatoms. The van der Waals surface area contributed by atoms with Crippen molar-refractivity contribution in [2.75, 3.05) is 39.1 Å². The van der Waals surface area contributed by atoms with Crippen LogP contribution in [0.15, 0.2) is 24.4 Å². The molecule has 1 aromatic heterocycles. The highest BCUT2D eigenvalue weighted by Crippen LogP contribution is 2.26. The molecule has 1 aromatic carbocycles. The first-order valence-electron chi connectivity index (χ1n) is 6.85. The van der Waals surface area contributed by atoms with E-state index in [9.17, 15) is 4.79 Å². The molecule has 0 aliphatic rings. The maximum Gasteiger partial charge on any atom is 0.323 e. The SMILES string of the molecule is COc1cc(NC(=O)Nc2cnc(OC)nc2OC)cc(OC)c1. The van der Waals surface area contributed by atoms with E-state index in [0.717, 1.165) is 0 Å². The predicted octanol–water partition coefficient (Wildman–Crippen LogP) is 2.16. The van der Waals surface area contributed by atoms with E-state index < -0.39 is 6.03 Å². The molecule has 1 heterocycles. The Hall–Kier alpha value is -3.23. The van der Waals surface area contributed by atoms with Gasteiger partial charge >= 0.3 is 12.0 Å². The van der Waals surface area contributed by atoms with Crippen LogP contribution in [-0.4, -0.2) is 44.4 Å². The average Bonchev–Trinajstić information content (AvgIpc) is 2.61. The molecule has 2 amide bonds. The molecule has 24 heavy (non-hydrogen) atoms. The summed E-state index contributed by atoms with van der Waals surface area (Å²) in [5.41, 5.74) is 0.794. The number of benzene rings is 1. The zero-order chi connectivity index (χ0) is 17.5. The molecule has 0 radical (unpaired) electrons. The van der Waals surface area contributed by atoms with E-state index in [1.165, 1.54) is 34.6 Å². The number of hydrogen-bond donors (Lipinski definition) is 2. The minimum atomic E-state index is -0.502. The van der Waals surface area contributed by atoms with Crippen LogP contribution in [0.3, 0.4) is 0 Å². The summed E-state index contributed by atoms with van der Waals surface area (Å²) in [6.07, 6.45) is 1.39. The van der Waals surface area contributed by atoms with Crippen LogP contribution in [0.25, 0.3) is 0 Å². The van der Waals surface area contributed by atoms with Gasteiger partial charge in [-0.05, 0) is 0 Å². The number of hydrogen-bond acceptors (Lipinski definition) is 7. The number of nitrogens with zero attached hydrogens (tertiary/aromatic N) is 2. The third-order valence-corrected chi connectivity index (χ3v) is 2.97. The lowest BCUT2D eigenvalue weighted by Crippen LogP contribution is -2.20. The third kappa shape index (κ3) is 4.15. The molecule has 0 fully saturated rings. The van der Waals surface area contributed by atoms with Gasteiger partial charge in [0.15, 0.2) is 0 Å². The van der Waals surface area contributed by atoms with E-state index in [4.69, 9.17) is 18.9 Å². The van der Waals surface area contributed by atoms with Crippen molar-refractivity contribution < 1.29 is 23.7 Å². The molecule has 0 bridgehead atoms. The fraction of sp³-hybridized carbons (Fsp3) is 0.267. The van der Waals surface area contributed by atoms with Gasteiger partial charge in [0.2, 0.25) is 5.88 Å². The van der Waals surface area contributed by atoms with E-state index in [0.29, 0.717) is 22.9 Å². The lowest BCUT2D eigenvalue weighted by atomic mass is 10.3. The van der Waals surface area contributed by atoms with Crippen molar-refractivity contribution >= 4 is 17.4 Å². The highest BCUT2D eigenvalue weighted by Gasteiger charge is 2.12. The smallest absolute Gasteiger partial charge is 0.323 e. The Labute approximate surface area is 138 Å². The summed E-state index contributed by atoms with van der Waals surface area (Å²) in [7, 11) is 5.92. The lowest BCUT2D eigenvalue weighted by Gasteiger charge is -2.12. The molecule has 0 unspecified atom stereocenters. The molecule has 0 aliphatic carbocycles. The monoisotopic (exact) mass is 334 g/mol. The van der Waals surface area contributed by atoms with Gasteiger partial charge in [-0.3, -0.25) is 0 Å². The van der Waals surface area contributed by atoms with Gasteiger partial charge in [0.05, 0.1) is 34.6 Å². The summed E-state index contributed by atoms with van der Waals surface area (Å²) in [6.45, 7) is 0. The third-order valence-electron chi connectivity index (χ3n) is 2.97. The second-order valence-electron chi connectivity index (χ2n) is 4.46. The van der Waals surface area contributed by atoms with Crippen LogP contribution in [0.1, 0.15) is 0 Å². The summed E-state index contributed by atoms with van der Waals surface area (Å²) in [4.78, 5) is 20.1. The van der Waals surface area contributed by atoms with Crippen LogP contribution in [0.4, 0.5) is 16.2 Å². The summed E-state index contributed by atoms with van der Waals surface area (Å²) in [6, 6.07) is 4.64. The van der Waals surface area contributed by atoms with E-state index >= 15 is 0 Å². The first-order chi connectivity index (χ1) is 11.6. The van der Waals surface area contributed by atoms with Crippen molar-refractivity contribution in [3.63, 3.8) is 0 Å². The molecule has 2 N–H and O–H groups in total. The number of aromatic nitrogens is 2. The Morgan fingerprint density at radius 1 is 0.917 bits per heavy atom. The van der Waals surface area contributed by atoms with E-state index in [1.54, 1.807) is 18.2 Å². The van der Waals surface area contributed by atoms with Crippen LogP contribution in [0, 0.1) is 0 Å². The number of anilines is 2. The standard InChI is InChI=1S/C15H18N4O5/c1-21-10-5-9(6-11(7-10)22-2)17-14(20)18-12-8-16-15(24-4)19-13(12)23-3/h5-8H,1-4H3,(H2,17,18,20). The molecule has 0 aliphatic heterocycles. The number of methoxy groups -OCH3 is 4. The van der Waals surface area contributed by atoms with Crippen LogP contribution in [0.2, 0.25) is 0 Å². The maximum absolute atomic E-state index is 12.2. The molecule has 0 atom stereocenters. The van der Waals surface area contributed by atoms with Gasteiger partial charge < -0.3 is 29.6 Å². The number of rotatable bonds is 6.